The number of hydrogen-bond acceptors (Lipinski definition) is 4. The molecule has 0 amide bonds. The van der Waals surface area contributed by atoms with Crippen LogP contribution in [0.15, 0.2) is 17.0 Å². The van der Waals surface area contributed by atoms with Gasteiger partial charge in [0.15, 0.2) is 22.3 Å². The summed E-state index contributed by atoms with van der Waals surface area (Å²) in [4.78, 5) is -0.395. The summed E-state index contributed by atoms with van der Waals surface area (Å²) >= 11 is 0. The summed E-state index contributed by atoms with van der Waals surface area (Å²) in [6.45, 7) is 1.43. The summed E-state index contributed by atoms with van der Waals surface area (Å²) in [5, 5.41) is 3.71. The lowest BCUT2D eigenvalue weighted by Gasteiger charge is -2.10. The Hall–Kier alpha value is -2.23. The second kappa shape index (κ2) is 4.95. The third-order valence-electron chi connectivity index (χ3n) is 2.82. The number of hydrogen-bond donors (Lipinski definition) is 2. The van der Waals surface area contributed by atoms with Crippen LogP contribution < -0.4 is 10.5 Å². The van der Waals surface area contributed by atoms with Gasteiger partial charge in [-0.25, -0.2) is 21.6 Å². The largest absolute Gasteiger partial charge is 0.381 e. The first-order chi connectivity index (χ1) is 9.63. The number of benzene rings is 1. The quantitative estimate of drug-likeness (QED) is 0.897. The fourth-order valence-corrected chi connectivity index (χ4v) is 3.17. The molecule has 3 N–H and O–H groups in total. The fraction of sp³-hybridized carbons (Fsp3) is 0.182. The molecule has 0 radical (unpaired) electrons. The van der Waals surface area contributed by atoms with Crippen LogP contribution in [0.25, 0.3) is 0 Å². The molecular weight excluding hydrogens is 309 g/mol. The maximum absolute atomic E-state index is 13.5. The maximum Gasteiger partial charge on any atom is 0.267 e. The minimum Gasteiger partial charge on any atom is -0.381 e. The van der Waals surface area contributed by atoms with Gasteiger partial charge in [0.1, 0.15) is 11.5 Å². The highest BCUT2D eigenvalue weighted by Gasteiger charge is 2.27. The lowest BCUT2D eigenvalue weighted by atomic mass is 10.3. The number of rotatable bonds is 3. The molecule has 2 rings (SSSR count). The van der Waals surface area contributed by atoms with Crippen molar-refractivity contribution in [3.8, 4) is 0 Å². The number of sulfonamides is 1. The van der Waals surface area contributed by atoms with E-state index < -0.39 is 38.1 Å². The van der Waals surface area contributed by atoms with E-state index in [9.17, 15) is 21.6 Å². The molecular formula is C11H11F3N4O2S. The molecule has 0 aliphatic rings. The Morgan fingerprint density at radius 1 is 1.24 bits per heavy atom. The summed E-state index contributed by atoms with van der Waals surface area (Å²) in [7, 11) is -2.91. The molecule has 0 saturated carbocycles. The van der Waals surface area contributed by atoms with Crippen LogP contribution in [0.4, 0.5) is 24.7 Å². The average Bonchev–Trinajstić information content (AvgIpc) is 2.58. The lowest BCUT2D eigenvalue weighted by Crippen LogP contribution is -2.17. The molecule has 2 aromatic rings. The van der Waals surface area contributed by atoms with E-state index in [2.05, 4.69) is 5.10 Å². The monoisotopic (exact) mass is 320 g/mol. The third kappa shape index (κ3) is 2.66. The molecule has 0 bridgehead atoms. The minimum absolute atomic E-state index is 0.183. The van der Waals surface area contributed by atoms with Gasteiger partial charge in [-0.3, -0.25) is 9.40 Å². The molecule has 6 nitrogen and oxygen atoms in total. The Morgan fingerprint density at radius 2 is 1.76 bits per heavy atom. The Bertz CT molecular complexity index is 794. The molecule has 0 unspecified atom stereocenters. The number of nitrogens with one attached hydrogen (secondary N) is 1. The van der Waals surface area contributed by atoms with Crippen LogP contribution in [0.2, 0.25) is 0 Å². The molecule has 21 heavy (non-hydrogen) atoms. The van der Waals surface area contributed by atoms with Gasteiger partial charge < -0.3 is 5.73 Å². The first-order valence-electron chi connectivity index (χ1n) is 5.60. The summed E-state index contributed by atoms with van der Waals surface area (Å²) in [6, 6.07) is 0.723. The molecule has 0 aliphatic heterocycles. The van der Waals surface area contributed by atoms with Crippen molar-refractivity contribution in [2.45, 2.75) is 11.8 Å². The van der Waals surface area contributed by atoms with E-state index in [1.807, 2.05) is 0 Å². The SMILES string of the molecule is Cc1c(S(=O)(=O)Nc2c(F)cc(F)cc2F)c(N)nn1C. The fourth-order valence-electron chi connectivity index (χ4n) is 1.77. The van der Waals surface area contributed by atoms with Crippen LogP contribution in [0.1, 0.15) is 5.69 Å². The van der Waals surface area contributed by atoms with Gasteiger partial charge in [-0.05, 0) is 6.92 Å². The highest BCUT2D eigenvalue weighted by molar-refractivity contribution is 7.93. The van der Waals surface area contributed by atoms with Crippen LogP contribution in [-0.2, 0) is 17.1 Å². The number of anilines is 2. The van der Waals surface area contributed by atoms with Crippen LogP contribution in [0, 0.1) is 24.4 Å². The van der Waals surface area contributed by atoms with Gasteiger partial charge in [-0.15, -0.1) is 0 Å². The van der Waals surface area contributed by atoms with Gasteiger partial charge in [0.2, 0.25) is 0 Å². The zero-order valence-electron chi connectivity index (χ0n) is 11.0. The van der Waals surface area contributed by atoms with Crippen LogP contribution >= 0.6 is 0 Å². The third-order valence-corrected chi connectivity index (χ3v) is 4.33. The van der Waals surface area contributed by atoms with Gasteiger partial charge in [0.05, 0.1) is 5.69 Å². The van der Waals surface area contributed by atoms with Crippen molar-refractivity contribution >= 4 is 21.5 Å². The number of aryl methyl sites for hydroxylation is 1. The number of nitrogen functional groups attached to an aromatic ring is 1. The van der Waals surface area contributed by atoms with Gasteiger partial charge in [-0.1, -0.05) is 0 Å². The molecule has 1 heterocycles. The minimum atomic E-state index is -4.37. The van der Waals surface area contributed by atoms with E-state index in [4.69, 9.17) is 5.73 Å². The topological polar surface area (TPSA) is 90.0 Å². The first-order valence-corrected chi connectivity index (χ1v) is 7.08. The molecule has 0 atom stereocenters. The Labute approximate surface area is 118 Å². The van der Waals surface area contributed by atoms with Crippen molar-refractivity contribution in [1.29, 1.82) is 0 Å². The lowest BCUT2D eigenvalue weighted by molar-refractivity contribution is 0.547. The van der Waals surface area contributed by atoms with Crippen LogP contribution in [0.5, 0.6) is 0 Å². The van der Waals surface area contributed by atoms with Crippen molar-refractivity contribution in [2.75, 3.05) is 10.5 Å². The smallest absolute Gasteiger partial charge is 0.267 e. The summed E-state index contributed by atoms with van der Waals surface area (Å²) in [6.07, 6.45) is 0. The van der Waals surface area contributed by atoms with E-state index in [0.29, 0.717) is 12.1 Å². The van der Waals surface area contributed by atoms with E-state index in [0.717, 1.165) is 0 Å². The van der Waals surface area contributed by atoms with Crippen LogP contribution in [-0.4, -0.2) is 18.2 Å². The van der Waals surface area contributed by atoms with Gasteiger partial charge in [-0.2, -0.15) is 5.10 Å². The standard InChI is InChI=1S/C11H11F3N4O2S/c1-5-10(11(15)16-18(5)2)21(19,20)17-9-7(13)3-6(12)4-8(9)14/h3-4,17H,1-2H3,(H2,15,16). The van der Waals surface area contributed by atoms with Crippen molar-refractivity contribution in [3.05, 3.63) is 35.3 Å². The first kappa shape index (κ1) is 15.2. The molecule has 1 aromatic carbocycles. The molecule has 0 spiro atoms. The van der Waals surface area contributed by atoms with Gasteiger partial charge >= 0.3 is 0 Å². The predicted molar refractivity (Wildman–Crippen MR) is 69.5 cm³/mol. The van der Waals surface area contributed by atoms with Gasteiger partial charge in [0, 0.05) is 19.2 Å². The van der Waals surface area contributed by atoms with E-state index in [1.54, 1.807) is 4.72 Å². The molecule has 10 heteroatoms. The maximum atomic E-state index is 13.5. The Morgan fingerprint density at radius 3 is 2.19 bits per heavy atom. The van der Waals surface area contributed by atoms with Crippen molar-refractivity contribution in [3.63, 3.8) is 0 Å². The van der Waals surface area contributed by atoms with Crippen molar-refractivity contribution < 1.29 is 21.6 Å². The molecule has 0 fully saturated rings. The Balaban J connectivity index is 2.53. The summed E-state index contributed by atoms with van der Waals surface area (Å²) in [5.41, 5.74) is 4.68. The molecule has 0 aliphatic carbocycles. The highest BCUT2D eigenvalue weighted by atomic mass is 32.2. The number of nitrogens with zero attached hydrogens (tertiary/aromatic N) is 2. The normalized spacial score (nSPS) is 11.7. The number of halogens is 3. The highest BCUT2D eigenvalue weighted by Crippen LogP contribution is 2.27. The van der Waals surface area contributed by atoms with Crippen molar-refractivity contribution in [1.82, 2.24) is 9.78 Å². The predicted octanol–water partition coefficient (Wildman–Crippen LogP) is 1.53. The molecule has 114 valence electrons. The zero-order chi connectivity index (χ0) is 15.9. The van der Waals surface area contributed by atoms with E-state index in [1.165, 1.54) is 18.7 Å². The molecule has 1 aromatic heterocycles. The summed E-state index contributed by atoms with van der Waals surface area (Å²) < 4.78 is 67.1. The Kier molecular flexibility index (Phi) is 3.58. The van der Waals surface area contributed by atoms with E-state index >= 15 is 0 Å². The van der Waals surface area contributed by atoms with Crippen LogP contribution in [0.3, 0.4) is 0 Å². The van der Waals surface area contributed by atoms with E-state index in [-0.39, 0.29) is 11.5 Å². The van der Waals surface area contributed by atoms with Crippen molar-refractivity contribution in [2.24, 2.45) is 7.05 Å². The average molecular weight is 320 g/mol. The van der Waals surface area contributed by atoms with Gasteiger partial charge in [0.25, 0.3) is 10.0 Å². The zero-order valence-corrected chi connectivity index (χ0v) is 11.8. The number of nitrogens with two attached hydrogens (primary N) is 1. The second-order valence-corrected chi connectivity index (χ2v) is 5.89. The molecule has 0 saturated heterocycles. The summed E-state index contributed by atoms with van der Waals surface area (Å²) in [5.74, 6) is -4.23. The second-order valence-electron chi connectivity index (χ2n) is 4.27. The number of aromatic nitrogens is 2.